The van der Waals surface area contributed by atoms with Crippen molar-refractivity contribution >= 4 is 29.2 Å². The Morgan fingerprint density at radius 2 is 1.94 bits per heavy atom. The number of benzene rings is 1. The van der Waals surface area contributed by atoms with E-state index in [1.54, 1.807) is 18.2 Å². The number of halogens is 2. The molecule has 0 radical (unpaired) electrons. The SMILES string of the molecule is CCC(CC)C(=O)Oc1cccc(Cl)c1Cl. The van der Waals surface area contributed by atoms with E-state index in [9.17, 15) is 4.79 Å². The lowest BCUT2D eigenvalue weighted by Crippen LogP contribution is -2.19. The molecule has 16 heavy (non-hydrogen) atoms. The van der Waals surface area contributed by atoms with Crippen LogP contribution in [0.1, 0.15) is 26.7 Å². The van der Waals surface area contributed by atoms with Crippen LogP contribution in [0.3, 0.4) is 0 Å². The maximum Gasteiger partial charge on any atom is 0.314 e. The number of hydrogen-bond acceptors (Lipinski definition) is 2. The summed E-state index contributed by atoms with van der Waals surface area (Å²) >= 11 is 11.7. The number of ether oxygens (including phenoxy) is 1. The molecule has 0 amide bonds. The van der Waals surface area contributed by atoms with Gasteiger partial charge in [0, 0.05) is 0 Å². The van der Waals surface area contributed by atoms with Crippen molar-refractivity contribution in [2.45, 2.75) is 26.7 Å². The Bertz CT molecular complexity index is 373. The molecule has 0 fully saturated rings. The van der Waals surface area contributed by atoms with Crippen LogP contribution in [0.2, 0.25) is 10.0 Å². The molecular weight excluding hydrogens is 247 g/mol. The van der Waals surface area contributed by atoms with Gasteiger partial charge in [-0.1, -0.05) is 43.1 Å². The minimum absolute atomic E-state index is 0.0879. The molecule has 0 aliphatic rings. The number of carbonyl (C=O) groups is 1. The summed E-state index contributed by atoms with van der Waals surface area (Å²) in [5, 5.41) is 0.667. The number of carbonyl (C=O) groups excluding carboxylic acids is 1. The molecule has 0 saturated carbocycles. The molecule has 0 bridgehead atoms. The summed E-state index contributed by atoms with van der Waals surface area (Å²) in [4.78, 5) is 11.7. The first-order valence-electron chi connectivity index (χ1n) is 5.25. The molecule has 1 rings (SSSR count). The van der Waals surface area contributed by atoms with E-state index in [1.165, 1.54) is 0 Å². The van der Waals surface area contributed by atoms with Crippen molar-refractivity contribution in [2.24, 2.45) is 5.92 Å². The summed E-state index contributed by atoms with van der Waals surface area (Å²) in [6.45, 7) is 3.91. The van der Waals surface area contributed by atoms with E-state index < -0.39 is 0 Å². The minimum Gasteiger partial charge on any atom is -0.425 e. The summed E-state index contributed by atoms with van der Waals surface area (Å²) in [6, 6.07) is 4.98. The Kier molecular flexibility index (Phi) is 5.10. The maximum atomic E-state index is 11.7. The van der Waals surface area contributed by atoms with Crippen molar-refractivity contribution < 1.29 is 9.53 Å². The van der Waals surface area contributed by atoms with Gasteiger partial charge in [0.1, 0.15) is 5.02 Å². The molecule has 0 spiro atoms. The second kappa shape index (κ2) is 6.12. The summed E-state index contributed by atoms with van der Waals surface area (Å²) in [5.74, 6) is -0.0183. The highest BCUT2D eigenvalue weighted by Crippen LogP contribution is 2.32. The Morgan fingerprint density at radius 1 is 1.31 bits per heavy atom. The largest absolute Gasteiger partial charge is 0.425 e. The monoisotopic (exact) mass is 260 g/mol. The smallest absolute Gasteiger partial charge is 0.314 e. The van der Waals surface area contributed by atoms with Gasteiger partial charge in [-0.15, -0.1) is 0 Å². The molecule has 0 atom stereocenters. The fraction of sp³-hybridized carbons (Fsp3) is 0.417. The maximum absolute atomic E-state index is 11.7. The molecule has 0 aromatic heterocycles. The van der Waals surface area contributed by atoms with Crippen LogP contribution in [0, 0.1) is 5.92 Å². The summed E-state index contributed by atoms with van der Waals surface area (Å²) < 4.78 is 5.21. The van der Waals surface area contributed by atoms with Crippen LogP contribution >= 0.6 is 23.2 Å². The summed E-state index contributed by atoms with van der Waals surface area (Å²) in [5.41, 5.74) is 0. The highest BCUT2D eigenvalue weighted by atomic mass is 35.5. The van der Waals surface area contributed by atoms with Gasteiger partial charge in [0.15, 0.2) is 5.75 Å². The van der Waals surface area contributed by atoms with E-state index >= 15 is 0 Å². The van der Waals surface area contributed by atoms with E-state index in [4.69, 9.17) is 27.9 Å². The van der Waals surface area contributed by atoms with Crippen LogP contribution in [-0.4, -0.2) is 5.97 Å². The zero-order valence-electron chi connectivity index (χ0n) is 9.30. The summed E-state index contributed by atoms with van der Waals surface area (Å²) in [6.07, 6.45) is 1.51. The molecule has 0 aliphatic carbocycles. The quantitative estimate of drug-likeness (QED) is 0.595. The molecule has 0 aliphatic heterocycles. The van der Waals surface area contributed by atoms with Gasteiger partial charge in [-0.3, -0.25) is 4.79 Å². The molecule has 88 valence electrons. The third-order valence-corrected chi connectivity index (χ3v) is 3.25. The molecule has 1 aromatic rings. The van der Waals surface area contributed by atoms with Crippen molar-refractivity contribution in [3.63, 3.8) is 0 Å². The van der Waals surface area contributed by atoms with Crippen molar-refractivity contribution in [2.75, 3.05) is 0 Å². The fourth-order valence-electron chi connectivity index (χ4n) is 1.38. The Balaban J connectivity index is 2.80. The zero-order valence-corrected chi connectivity index (χ0v) is 10.8. The highest BCUT2D eigenvalue weighted by molar-refractivity contribution is 6.43. The lowest BCUT2D eigenvalue weighted by Gasteiger charge is -2.12. The molecule has 1 aromatic carbocycles. The Hall–Kier alpha value is -0.730. The average Bonchev–Trinajstić information content (AvgIpc) is 2.26. The zero-order chi connectivity index (χ0) is 12.1. The Morgan fingerprint density at radius 3 is 2.50 bits per heavy atom. The van der Waals surface area contributed by atoms with Crippen molar-refractivity contribution in [3.05, 3.63) is 28.2 Å². The van der Waals surface area contributed by atoms with Gasteiger partial charge in [-0.05, 0) is 25.0 Å². The van der Waals surface area contributed by atoms with Crippen LogP contribution in [-0.2, 0) is 4.79 Å². The summed E-state index contributed by atoms with van der Waals surface area (Å²) in [7, 11) is 0. The predicted octanol–water partition coefficient (Wildman–Crippen LogP) is 4.34. The lowest BCUT2D eigenvalue weighted by atomic mass is 10.0. The van der Waals surface area contributed by atoms with Gasteiger partial charge >= 0.3 is 5.97 Å². The van der Waals surface area contributed by atoms with E-state index in [0.29, 0.717) is 10.8 Å². The Labute approximate surface area is 106 Å². The van der Waals surface area contributed by atoms with Gasteiger partial charge in [0.2, 0.25) is 0 Å². The first kappa shape index (κ1) is 13.3. The fourth-order valence-corrected chi connectivity index (χ4v) is 1.71. The minimum atomic E-state index is -0.255. The number of esters is 1. The van der Waals surface area contributed by atoms with Crippen molar-refractivity contribution in [1.29, 1.82) is 0 Å². The molecule has 0 unspecified atom stereocenters. The third-order valence-electron chi connectivity index (χ3n) is 2.45. The van der Waals surface area contributed by atoms with Crippen LogP contribution in [0.4, 0.5) is 0 Å². The molecule has 0 saturated heterocycles. The molecule has 2 nitrogen and oxygen atoms in total. The van der Waals surface area contributed by atoms with E-state index in [0.717, 1.165) is 12.8 Å². The van der Waals surface area contributed by atoms with Crippen molar-refractivity contribution in [3.8, 4) is 5.75 Å². The van der Waals surface area contributed by atoms with Crippen LogP contribution < -0.4 is 4.74 Å². The first-order valence-corrected chi connectivity index (χ1v) is 6.01. The predicted molar refractivity (Wildman–Crippen MR) is 66.2 cm³/mol. The van der Waals surface area contributed by atoms with Crippen LogP contribution in [0.25, 0.3) is 0 Å². The molecule has 4 heteroatoms. The number of rotatable bonds is 4. The van der Waals surface area contributed by atoms with E-state index in [1.807, 2.05) is 13.8 Å². The second-order valence-electron chi connectivity index (χ2n) is 3.49. The third kappa shape index (κ3) is 3.13. The standard InChI is InChI=1S/C12H14Cl2O2/c1-3-8(4-2)12(15)16-10-7-5-6-9(13)11(10)14/h5-8H,3-4H2,1-2H3. The average molecular weight is 261 g/mol. The molecule has 0 N–H and O–H groups in total. The van der Waals surface area contributed by atoms with Gasteiger partial charge < -0.3 is 4.74 Å². The van der Waals surface area contributed by atoms with Gasteiger partial charge in [-0.2, -0.15) is 0 Å². The van der Waals surface area contributed by atoms with Crippen LogP contribution in [0.15, 0.2) is 18.2 Å². The van der Waals surface area contributed by atoms with Gasteiger partial charge in [-0.25, -0.2) is 0 Å². The molecule has 0 heterocycles. The normalized spacial score (nSPS) is 10.6. The van der Waals surface area contributed by atoms with E-state index in [2.05, 4.69) is 0 Å². The van der Waals surface area contributed by atoms with Gasteiger partial charge in [0.25, 0.3) is 0 Å². The lowest BCUT2D eigenvalue weighted by molar-refractivity contribution is -0.139. The highest BCUT2D eigenvalue weighted by Gasteiger charge is 2.18. The van der Waals surface area contributed by atoms with Gasteiger partial charge in [0.05, 0.1) is 10.9 Å². The topological polar surface area (TPSA) is 26.3 Å². The second-order valence-corrected chi connectivity index (χ2v) is 4.27. The first-order chi connectivity index (χ1) is 7.60. The van der Waals surface area contributed by atoms with Crippen molar-refractivity contribution in [1.82, 2.24) is 0 Å². The molecular formula is C12H14Cl2O2. The van der Waals surface area contributed by atoms with Crippen LogP contribution in [0.5, 0.6) is 5.75 Å². The number of hydrogen-bond donors (Lipinski definition) is 0. The van der Waals surface area contributed by atoms with E-state index in [-0.39, 0.29) is 16.9 Å².